The van der Waals surface area contributed by atoms with E-state index in [2.05, 4.69) is 124 Å². The van der Waals surface area contributed by atoms with Gasteiger partial charge in [0, 0.05) is 28.6 Å². The Morgan fingerprint density at radius 1 is 0.733 bits per heavy atom. The fourth-order valence-corrected chi connectivity index (χ4v) is 6.42. The van der Waals surface area contributed by atoms with Crippen molar-refractivity contribution in [2.24, 2.45) is 0 Å². The molecule has 0 unspecified atom stereocenters. The number of benzene rings is 5. The Morgan fingerprint density at radius 2 is 1.44 bits per heavy atom. The molecular formula is C40H31IrN4. The summed E-state index contributed by atoms with van der Waals surface area (Å²) in [5.74, 6) is 0. The minimum Gasteiger partial charge on any atom is -0.501 e. The number of para-hydroxylation sites is 4. The summed E-state index contributed by atoms with van der Waals surface area (Å²) in [4.78, 5) is 8.91. The number of nitrogens with zero attached hydrogens (tertiary/aromatic N) is 4. The molecule has 0 radical (unpaired) electrons. The molecule has 0 saturated heterocycles. The van der Waals surface area contributed by atoms with Crippen LogP contribution < -0.4 is 9.80 Å². The van der Waals surface area contributed by atoms with Gasteiger partial charge in [0.15, 0.2) is 0 Å². The molecule has 0 spiro atoms. The van der Waals surface area contributed by atoms with Crippen LogP contribution in [-0.2, 0) is 20.1 Å². The van der Waals surface area contributed by atoms with Gasteiger partial charge in [0.2, 0.25) is 0 Å². The molecule has 0 fully saturated rings. The first-order valence-electron chi connectivity index (χ1n) is 15.3. The SMILES string of the molecule is CCCCN1[CH-]N(c2[c-]c3c4ccccc4n4c5ccccc5c(c2)c34)c2ccccc21.[Ir+3].[c-]1ccccc1-c1ccccn1. The molecule has 0 saturated carbocycles. The van der Waals surface area contributed by atoms with Crippen molar-refractivity contribution in [2.75, 3.05) is 16.3 Å². The molecule has 5 heteroatoms. The number of anilines is 3. The molecule has 45 heavy (non-hydrogen) atoms. The third kappa shape index (κ3) is 5.03. The summed E-state index contributed by atoms with van der Waals surface area (Å²) in [5, 5.41) is 5.04. The smallest absolute Gasteiger partial charge is 0.501 e. The summed E-state index contributed by atoms with van der Waals surface area (Å²) in [6.07, 6.45) is 4.15. The third-order valence-corrected chi connectivity index (χ3v) is 8.47. The first-order chi connectivity index (χ1) is 21.8. The van der Waals surface area contributed by atoms with E-state index < -0.39 is 0 Å². The molecule has 1 aliphatic rings. The van der Waals surface area contributed by atoms with Crippen LogP contribution in [0.25, 0.3) is 49.4 Å². The topological polar surface area (TPSA) is 23.8 Å². The molecule has 9 rings (SSSR count). The van der Waals surface area contributed by atoms with Crippen LogP contribution in [0.4, 0.5) is 17.1 Å². The van der Waals surface area contributed by atoms with Gasteiger partial charge >= 0.3 is 20.1 Å². The van der Waals surface area contributed by atoms with Gasteiger partial charge in [0.05, 0.1) is 0 Å². The number of hydrogen-bond acceptors (Lipinski definition) is 3. The maximum absolute atomic E-state index is 4.22. The van der Waals surface area contributed by atoms with E-state index in [1.165, 1.54) is 62.3 Å². The number of pyridine rings is 1. The van der Waals surface area contributed by atoms with Crippen molar-refractivity contribution in [1.82, 2.24) is 9.38 Å². The van der Waals surface area contributed by atoms with Crippen molar-refractivity contribution in [3.63, 3.8) is 0 Å². The van der Waals surface area contributed by atoms with Crippen molar-refractivity contribution in [2.45, 2.75) is 19.8 Å². The predicted octanol–water partition coefficient (Wildman–Crippen LogP) is 10.1. The van der Waals surface area contributed by atoms with Crippen LogP contribution in [0.15, 0.2) is 128 Å². The minimum atomic E-state index is 0. The summed E-state index contributed by atoms with van der Waals surface area (Å²) in [7, 11) is 0. The normalized spacial score (nSPS) is 12.5. The van der Waals surface area contributed by atoms with Gasteiger partial charge < -0.3 is 19.2 Å². The van der Waals surface area contributed by atoms with E-state index in [-0.39, 0.29) is 20.1 Å². The maximum atomic E-state index is 4.22. The second kappa shape index (κ2) is 12.4. The Labute approximate surface area is 277 Å². The van der Waals surface area contributed by atoms with Gasteiger partial charge in [-0.25, -0.2) is 0 Å². The molecule has 1 aliphatic heterocycles. The van der Waals surface area contributed by atoms with E-state index in [4.69, 9.17) is 0 Å². The van der Waals surface area contributed by atoms with E-state index in [9.17, 15) is 0 Å². The van der Waals surface area contributed by atoms with E-state index in [0.29, 0.717) is 0 Å². The van der Waals surface area contributed by atoms with Gasteiger partial charge in [-0.15, -0.1) is 53.4 Å². The molecule has 0 atom stereocenters. The number of unbranched alkanes of at least 4 members (excludes halogenated alkanes) is 1. The number of rotatable bonds is 5. The van der Waals surface area contributed by atoms with Gasteiger partial charge in [0.1, 0.15) is 0 Å². The Morgan fingerprint density at radius 3 is 2.20 bits per heavy atom. The van der Waals surface area contributed by atoms with E-state index in [1.807, 2.05) is 42.5 Å². The molecule has 5 aromatic carbocycles. The van der Waals surface area contributed by atoms with Crippen LogP contribution in [0.1, 0.15) is 19.8 Å². The Hall–Kier alpha value is -4.70. The molecule has 0 amide bonds. The van der Waals surface area contributed by atoms with Gasteiger partial charge in [-0.1, -0.05) is 90.5 Å². The van der Waals surface area contributed by atoms with Gasteiger partial charge in [-0.05, 0) is 59.9 Å². The van der Waals surface area contributed by atoms with Crippen LogP contribution in [-0.4, -0.2) is 15.9 Å². The number of fused-ring (bicyclic) bond motifs is 7. The van der Waals surface area contributed by atoms with Crippen LogP contribution in [0.5, 0.6) is 0 Å². The maximum Gasteiger partial charge on any atom is 3.00 e. The van der Waals surface area contributed by atoms with Crippen LogP contribution in [0, 0.1) is 18.8 Å². The molecule has 220 valence electrons. The average Bonchev–Trinajstić information content (AvgIpc) is 3.75. The first-order valence-corrected chi connectivity index (χ1v) is 15.3. The Balaban J connectivity index is 0.000000211. The van der Waals surface area contributed by atoms with Gasteiger partial charge in [-0.2, -0.15) is 6.67 Å². The molecule has 8 aromatic rings. The predicted molar refractivity (Wildman–Crippen MR) is 184 cm³/mol. The summed E-state index contributed by atoms with van der Waals surface area (Å²) >= 11 is 0. The molecule has 3 aromatic heterocycles. The zero-order valence-corrected chi connectivity index (χ0v) is 27.3. The zero-order valence-electron chi connectivity index (χ0n) is 24.9. The summed E-state index contributed by atoms with van der Waals surface area (Å²) < 4.78 is 2.41. The molecule has 4 heterocycles. The molecule has 4 nitrogen and oxygen atoms in total. The third-order valence-electron chi connectivity index (χ3n) is 8.47. The molecule has 0 aliphatic carbocycles. The summed E-state index contributed by atoms with van der Waals surface area (Å²) in [6.45, 7) is 5.53. The number of aromatic nitrogens is 2. The van der Waals surface area contributed by atoms with E-state index in [0.717, 1.165) is 23.5 Å². The molecular weight excluding hydrogens is 729 g/mol. The zero-order chi connectivity index (χ0) is 29.5. The van der Waals surface area contributed by atoms with Crippen LogP contribution in [0.3, 0.4) is 0 Å². The Bertz CT molecular complexity index is 2090. The number of hydrogen-bond donors (Lipinski definition) is 0. The van der Waals surface area contributed by atoms with Crippen molar-refractivity contribution in [3.8, 4) is 11.3 Å². The quantitative estimate of drug-likeness (QED) is 0.163. The molecule has 0 N–H and O–H groups in total. The standard InChI is InChI=1S/C29H23N3.C11H8N.Ir/c1-2-3-16-30-19-31(28-15-9-8-14-27(28)30)20-17-23-21-10-4-6-12-25(21)32-26-13-7-5-11-22(26)24(18-20)29(23)32;1-2-6-10(7-3-1)11-8-4-5-9-12-11;/h4-15,17,19H,2-3,16H2,1H3;1-6,8-9H;/q-2;-1;+3. The second-order valence-electron chi connectivity index (χ2n) is 11.2. The van der Waals surface area contributed by atoms with E-state index in [1.54, 1.807) is 6.20 Å². The fourth-order valence-electron chi connectivity index (χ4n) is 6.42. The molecule has 0 bridgehead atoms. The van der Waals surface area contributed by atoms with Crippen molar-refractivity contribution in [3.05, 3.63) is 146 Å². The summed E-state index contributed by atoms with van der Waals surface area (Å²) in [6, 6.07) is 49.1. The monoisotopic (exact) mass is 760 g/mol. The van der Waals surface area contributed by atoms with Crippen LogP contribution in [0.2, 0.25) is 0 Å². The van der Waals surface area contributed by atoms with Crippen molar-refractivity contribution < 1.29 is 20.1 Å². The fraction of sp³-hybridized carbons (Fsp3) is 0.100. The van der Waals surface area contributed by atoms with Crippen LogP contribution >= 0.6 is 0 Å². The minimum absolute atomic E-state index is 0. The summed E-state index contributed by atoms with van der Waals surface area (Å²) in [5.41, 5.74) is 9.38. The second-order valence-corrected chi connectivity index (χ2v) is 11.2. The average molecular weight is 760 g/mol. The largest absolute Gasteiger partial charge is 3.00 e. The van der Waals surface area contributed by atoms with Gasteiger partial charge in [-0.3, -0.25) is 0 Å². The van der Waals surface area contributed by atoms with E-state index >= 15 is 0 Å². The van der Waals surface area contributed by atoms with Gasteiger partial charge in [0.25, 0.3) is 0 Å². The van der Waals surface area contributed by atoms with Crippen molar-refractivity contribution in [1.29, 1.82) is 0 Å². The van der Waals surface area contributed by atoms with Crippen molar-refractivity contribution >= 4 is 55.2 Å². The first kappa shape index (κ1) is 29.0. The Kier molecular flexibility index (Phi) is 7.97.